The molecule has 16 heavy (non-hydrogen) atoms. The van der Waals surface area contributed by atoms with Gasteiger partial charge in [-0.2, -0.15) is 0 Å². The summed E-state index contributed by atoms with van der Waals surface area (Å²) in [4.78, 5) is 2.50. The second-order valence-corrected chi connectivity index (χ2v) is 4.17. The topological polar surface area (TPSA) is 55.3 Å². The van der Waals surface area contributed by atoms with Crippen LogP contribution in [-0.4, -0.2) is 37.6 Å². The number of nitrogens with two attached hydrogens (primary N) is 2. The Morgan fingerprint density at radius 3 is 2.19 bits per heavy atom. The van der Waals surface area contributed by atoms with Crippen molar-refractivity contribution in [1.29, 1.82) is 0 Å². The number of hydrogen-bond acceptors (Lipinski definition) is 3. The van der Waals surface area contributed by atoms with Crippen molar-refractivity contribution >= 4 is 0 Å². The van der Waals surface area contributed by atoms with Crippen LogP contribution in [0.1, 0.15) is 39.0 Å². The Morgan fingerprint density at radius 2 is 1.56 bits per heavy atom. The van der Waals surface area contributed by atoms with Gasteiger partial charge in [-0.3, -0.25) is 0 Å². The van der Waals surface area contributed by atoms with Gasteiger partial charge in [0.2, 0.25) is 0 Å². The SMILES string of the molecule is CCCN(CC/C=C\CCCN)CCCN. The molecule has 0 aliphatic heterocycles. The third-order valence-corrected chi connectivity index (χ3v) is 2.57. The van der Waals surface area contributed by atoms with Gasteiger partial charge in [-0.25, -0.2) is 0 Å². The first-order chi connectivity index (χ1) is 7.85. The summed E-state index contributed by atoms with van der Waals surface area (Å²) < 4.78 is 0. The van der Waals surface area contributed by atoms with Crippen LogP contribution in [0.3, 0.4) is 0 Å². The standard InChI is InChI=1S/C13H29N3/c1-2-11-16(13-8-10-15)12-7-5-3-4-6-9-14/h3,5H,2,4,6-15H2,1H3/b5-3-. The molecule has 0 aromatic carbocycles. The van der Waals surface area contributed by atoms with Crippen molar-refractivity contribution in [3.63, 3.8) is 0 Å². The maximum Gasteiger partial charge on any atom is 0.00159 e. The Morgan fingerprint density at radius 1 is 0.875 bits per heavy atom. The molecule has 0 fully saturated rings. The molecule has 0 saturated heterocycles. The summed E-state index contributed by atoms with van der Waals surface area (Å²) in [5.41, 5.74) is 11.0. The molecule has 3 nitrogen and oxygen atoms in total. The van der Waals surface area contributed by atoms with Crippen LogP contribution >= 0.6 is 0 Å². The number of hydrogen-bond donors (Lipinski definition) is 2. The number of unbranched alkanes of at least 4 members (excludes halogenated alkanes) is 1. The molecule has 0 radical (unpaired) electrons. The monoisotopic (exact) mass is 227 g/mol. The van der Waals surface area contributed by atoms with Crippen LogP contribution in [0.2, 0.25) is 0 Å². The van der Waals surface area contributed by atoms with Crippen molar-refractivity contribution < 1.29 is 0 Å². The quantitative estimate of drug-likeness (QED) is 0.417. The molecule has 0 spiro atoms. The predicted molar refractivity (Wildman–Crippen MR) is 72.4 cm³/mol. The molecule has 0 aliphatic carbocycles. The van der Waals surface area contributed by atoms with Gasteiger partial charge in [0.25, 0.3) is 0 Å². The Kier molecular flexibility index (Phi) is 12.4. The van der Waals surface area contributed by atoms with Crippen molar-refractivity contribution in [2.75, 3.05) is 32.7 Å². The lowest BCUT2D eigenvalue weighted by molar-refractivity contribution is 0.277. The van der Waals surface area contributed by atoms with Gasteiger partial charge in [0, 0.05) is 6.54 Å². The fourth-order valence-electron chi connectivity index (χ4n) is 1.70. The summed E-state index contributed by atoms with van der Waals surface area (Å²) in [5, 5.41) is 0. The summed E-state index contributed by atoms with van der Waals surface area (Å²) in [5.74, 6) is 0. The van der Waals surface area contributed by atoms with Crippen molar-refractivity contribution in [2.24, 2.45) is 11.5 Å². The Balaban J connectivity index is 3.53. The van der Waals surface area contributed by atoms with Crippen molar-refractivity contribution in [3.05, 3.63) is 12.2 Å². The summed E-state index contributed by atoms with van der Waals surface area (Å²) in [6.45, 7) is 7.31. The largest absolute Gasteiger partial charge is 0.330 e. The second kappa shape index (κ2) is 12.7. The van der Waals surface area contributed by atoms with Gasteiger partial charge in [-0.1, -0.05) is 19.1 Å². The van der Waals surface area contributed by atoms with Gasteiger partial charge in [-0.15, -0.1) is 0 Å². The van der Waals surface area contributed by atoms with Crippen LogP contribution in [0.25, 0.3) is 0 Å². The highest BCUT2D eigenvalue weighted by molar-refractivity contribution is 4.82. The van der Waals surface area contributed by atoms with E-state index in [9.17, 15) is 0 Å². The maximum atomic E-state index is 5.53. The van der Waals surface area contributed by atoms with Gasteiger partial charge < -0.3 is 16.4 Å². The van der Waals surface area contributed by atoms with E-state index in [0.717, 1.165) is 51.9 Å². The van der Waals surface area contributed by atoms with Crippen LogP contribution in [0.4, 0.5) is 0 Å². The molecule has 0 aromatic heterocycles. The van der Waals surface area contributed by atoms with E-state index >= 15 is 0 Å². The Labute approximate surface area is 101 Å². The highest BCUT2D eigenvalue weighted by Crippen LogP contribution is 1.98. The summed E-state index contributed by atoms with van der Waals surface area (Å²) in [6.07, 6.45) is 10.2. The third-order valence-electron chi connectivity index (χ3n) is 2.57. The first-order valence-electron chi connectivity index (χ1n) is 6.62. The fourth-order valence-corrected chi connectivity index (χ4v) is 1.70. The molecule has 0 bridgehead atoms. The Bertz CT molecular complexity index is 157. The first kappa shape index (κ1) is 15.6. The van der Waals surface area contributed by atoms with Crippen molar-refractivity contribution in [3.8, 4) is 0 Å². The fraction of sp³-hybridized carbons (Fsp3) is 0.846. The van der Waals surface area contributed by atoms with Crippen molar-refractivity contribution in [1.82, 2.24) is 4.90 Å². The Hall–Kier alpha value is -0.380. The average Bonchev–Trinajstić information content (AvgIpc) is 2.30. The number of allylic oxidation sites excluding steroid dienone is 1. The van der Waals surface area contributed by atoms with E-state index in [1.807, 2.05) is 0 Å². The van der Waals surface area contributed by atoms with Gasteiger partial charge in [0.1, 0.15) is 0 Å². The molecule has 0 aromatic rings. The smallest absolute Gasteiger partial charge is 0.00159 e. The molecule has 96 valence electrons. The van der Waals surface area contributed by atoms with Gasteiger partial charge in [0.15, 0.2) is 0 Å². The molecule has 0 rings (SSSR count). The van der Waals surface area contributed by atoms with E-state index in [2.05, 4.69) is 24.0 Å². The lowest BCUT2D eigenvalue weighted by atomic mass is 10.2. The van der Waals surface area contributed by atoms with E-state index in [1.54, 1.807) is 0 Å². The minimum Gasteiger partial charge on any atom is -0.330 e. The molecule has 4 N–H and O–H groups in total. The molecule has 0 heterocycles. The summed E-state index contributed by atoms with van der Waals surface area (Å²) in [6, 6.07) is 0. The van der Waals surface area contributed by atoms with Crippen LogP contribution in [0.5, 0.6) is 0 Å². The molecule has 0 saturated carbocycles. The van der Waals surface area contributed by atoms with E-state index in [4.69, 9.17) is 11.5 Å². The number of nitrogens with zero attached hydrogens (tertiary/aromatic N) is 1. The lowest BCUT2D eigenvalue weighted by Gasteiger charge is -2.20. The normalized spacial score (nSPS) is 11.8. The van der Waals surface area contributed by atoms with Gasteiger partial charge in [0.05, 0.1) is 0 Å². The molecule has 0 atom stereocenters. The molecule has 3 heteroatoms. The van der Waals surface area contributed by atoms with E-state index < -0.39 is 0 Å². The zero-order valence-corrected chi connectivity index (χ0v) is 10.8. The zero-order chi connectivity index (χ0) is 12.1. The van der Waals surface area contributed by atoms with Crippen LogP contribution < -0.4 is 11.5 Å². The molecular formula is C13H29N3. The first-order valence-corrected chi connectivity index (χ1v) is 6.62. The molecule has 0 unspecified atom stereocenters. The van der Waals surface area contributed by atoms with Crippen LogP contribution in [-0.2, 0) is 0 Å². The lowest BCUT2D eigenvalue weighted by Crippen LogP contribution is -2.28. The summed E-state index contributed by atoms with van der Waals surface area (Å²) in [7, 11) is 0. The second-order valence-electron chi connectivity index (χ2n) is 4.17. The average molecular weight is 227 g/mol. The molecule has 0 amide bonds. The molecular weight excluding hydrogens is 198 g/mol. The van der Waals surface area contributed by atoms with Gasteiger partial charge in [-0.05, 0) is 58.3 Å². The maximum absolute atomic E-state index is 5.53. The highest BCUT2D eigenvalue weighted by atomic mass is 15.1. The minimum absolute atomic E-state index is 0.794. The van der Waals surface area contributed by atoms with Gasteiger partial charge >= 0.3 is 0 Å². The van der Waals surface area contributed by atoms with Crippen LogP contribution in [0.15, 0.2) is 12.2 Å². The van der Waals surface area contributed by atoms with Crippen molar-refractivity contribution in [2.45, 2.75) is 39.0 Å². The van der Waals surface area contributed by atoms with E-state index in [1.165, 1.54) is 13.0 Å². The minimum atomic E-state index is 0.794. The highest BCUT2D eigenvalue weighted by Gasteiger charge is 2.00. The molecule has 0 aliphatic rings. The third kappa shape index (κ3) is 10.1. The van der Waals surface area contributed by atoms with E-state index in [-0.39, 0.29) is 0 Å². The van der Waals surface area contributed by atoms with E-state index in [0.29, 0.717) is 0 Å². The predicted octanol–water partition coefficient (Wildman–Crippen LogP) is 1.73. The number of rotatable bonds is 11. The van der Waals surface area contributed by atoms with Crippen LogP contribution in [0, 0.1) is 0 Å². The summed E-state index contributed by atoms with van der Waals surface area (Å²) >= 11 is 0. The zero-order valence-electron chi connectivity index (χ0n) is 10.8.